The Balaban J connectivity index is 1.69. The Hall–Kier alpha value is -2.28. The lowest BCUT2D eigenvalue weighted by Crippen LogP contribution is -2.55. The van der Waals surface area contributed by atoms with Crippen LogP contribution in [0.1, 0.15) is 26.3 Å². The molecule has 1 aromatic carbocycles. The molecule has 0 radical (unpaired) electrons. The number of benzene rings is 1. The molecule has 1 fully saturated rings. The van der Waals surface area contributed by atoms with E-state index in [1.165, 1.54) is 0 Å². The monoisotopic (exact) mass is 335 g/mol. The van der Waals surface area contributed by atoms with Gasteiger partial charge in [-0.1, -0.05) is 30.3 Å². The molecule has 1 aliphatic heterocycles. The van der Waals surface area contributed by atoms with Gasteiger partial charge in [-0.2, -0.15) is 0 Å². The first-order valence-corrected chi connectivity index (χ1v) is 8.04. The molecule has 0 atom stereocenters. The van der Waals surface area contributed by atoms with Crippen molar-refractivity contribution in [2.24, 2.45) is 0 Å². The third kappa shape index (κ3) is 6.08. The highest BCUT2D eigenvalue weighted by Crippen LogP contribution is 2.11. The van der Waals surface area contributed by atoms with E-state index in [2.05, 4.69) is 5.43 Å². The lowest BCUT2D eigenvalue weighted by molar-refractivity contribution is 0.00875. The van der Waals surface area contributed by atoms with Gasteiger partial charge in [-0.25, -0.2) is 14.6 Å². The van der Waals surface area contributed by atoms with Crippen LogP contribution in [0.5, 0.6) is 0 Å². The predicted octanol–water partition coefficient (Wildman–Crippen LogP) is 2.38. The van der Waals surface area contributed by atoms with Crippen LogP contribution in [0.15, 0.2) is 30.3 Å². The first-order valence-electron chi connectivity index (χ1n) is 8.04. The van der Waals surface area contributed by atoms with E-state index in [-0.39, 0.29) is 12.7 Å². The number of ether oxygens (including phenoxy) is 2. The highest BCUT2D eigenvalue weighted by molar-refractivity contribution is 5.68. The van der Waals surface area contributed by atoms with Crippen molar-refractivity contribution >= 4 is 12.2 Å². The van der Waals surface area contributed by atoms with Crippen LogP contribution in [0.4, 0.5) is 9.59 Å². The van der Waals surface area contributed by atoms with Crippen LogP contribution >= 0.6 is 0 Å². The summed E-state index contributed by atoms with van der Waals surface area (Å²) in [6, 6.07) is 9.49. The van der Waals surface area contributed by atoms with E-state index in [1.54, 1.807) is 9.91 Å². The second-order valence-corrected chi connectivity index (χ2v) is 6.63. The van der Waals surface area contributed by atoms with Gasteiger partial charge in [0.05, 0.1) is 0 Å². The van der Waals surface area contributed by atoms with E-state index in [4.69, 9.17) is 9.47 Å². The molecule has 0 aliphatic carbocycles. The highest BCUT2D eigenvalue weighted by Gasteiger charge is 2.26. The van der Waals surface area contributed by atoms with Gasteiger partial charge in [0.1, 0.15) is 12.2 Å². The lowest BCUT2D eigenvalue weighted by atomic mass is 10.2. The minimum atomic E-state index is -0.506. The summed E-state index contributed by atoms with van der Waals surface area (Å²) in [7, 11) is 0. The summed E-state index contributed by atoms with van der Waals surface area (Å²) in [5.74, 6) is 0. The first-order chi connectivity index (χ1) is 11.3. The van der Waals surface area contributed by atoms with Crippen LogP contribution in [0, 0.1) is 0 Å². The van der Waals surface area contributed by atoms with Crippen LogP contribution < -0.4 is 5.43 Å². The topological polar surface area (TPSA) is 71.1 Å². The summed E-state index contributed by atoms with van der Waals surface area (Å²) in [5, 5.41) is 1.74. The molecule has 1 N–H and O–H groups in total. The van der Waals surface area contributed by atoms with Crippen LogP contribution in [0.3, 0.4) is 0 Å². The smallest absolute Gasteiger partial charge is 0.422 e. The Labute approximate surface area is 142 Å². The number of amides is 2. The minimum Gasteiger partial charge on any atom is -0.444 e. The van der Waals surface area contributed by atoms with Crippen LogP contribution in [0.25, 0.3) is 0 Å². The first kappa shape index (κ1) is 18.1. The van der Waals surface area contributed by atoms with Gasteiger partial charge in [0.15, 0.2) is 0 Å². The molecule has 0 saturated carbocycles. The van der Waals surface area contributed by atoms with E-state index in [0.717, 1.165) is 5.56 Å². The molecule has 2 amide bonds. The number of hydrogen-bond donors (Lipinski definition) is 1. The highest BCUT2D eigenvalue weighted by atomic mass is 16.6. The molecule has 24 heavy (non-hydrogen) atoms. The van der Waals surface area contributed by atoms with Gasteiger partial charge in [0, 0.05) is 26.2 Å². The average Bonchev–Trinajstić information content (AvgIpc) is 2.53. The zero-order valence-electron chi connectivity index (χ0n) is 14.4. The van der Waals surface area contributed by atoms with Gasteiger partial charge >= 0.3 is 12.2 Å². The Morgan fingerprint density at radius 1 is 1.08 bits per heavy atom. The van der Waals surface area contributed by atoms with Gasteiger partial charge in [0.25, 0.3) is 0 Å². The molecule has 1 heterocycles. The van der Waals surface area contributed by atoms with Crippen LogP contribution in [0.2, 0.25) is 0 Å². The zero-order valence-corrected chi connectivity index (χ0v) is 14.4. The van der Waals surface area contributed by atoms with Gasteiger partial charge in [0.2, 0.25) is 0 Å². The number of rotatable bonds is 3. The van der Waals surface area contributed by atoms with E-state index in [1.807, 2.05) is 51.1 Å². The van der Waals surface area contributed by atoms with Crippen molar-refractivity contribution in [1.29, 1.82) is 0 Å². The largest absolute Gasteiger partial charge is 0.444 e. The van der Waals surface area contributed by atoms with Crippen molar-refractivity contribution in [2.45, 2.75) is 33.0 Å². The zero-order chi connectivity index (χ0) is 17.6. The Morgan fingerprint density at radius 2 is 1.71 bits per heavy atom. The molecule has 1 aliphatic rings. The summed E-state index contributed by atoms with van der Waals surface area (Å²) in [4.78, 5) is 25.4. The molecule has 0 bridgehead atoms. The molecular weight excluding hydrogens is 310 g/mol. The quantitative estimate of drug-likeness (QED) is 0.918. The number of hydrazine groups is 1. The lowest BCUT2D eigenvalue weighted by Gasteiger charge is -2.35. The fourth-order valence-corrected chi connectivity index (χ4v) is 2.21. The standard InChI is InChI=1S/C17H25N3O4/c1-17(2,3)24-16(22)19-9-11-20(12-10-19)18-15(21)23-13-14-7-5-4-6-8-14/h4-8H,9-13H2,1-3H3,(H,18,21). The summed E-state index contributed by atoms with van der Waals surface area (Å²) in [6.07, 6.45) is -0.821. The second kappa shape index (κ2) is 8.01. The molecule has 1 saturated heterocycles. The number of nitrogens with zero attached hydrogens (tertiary/aromatic N) is 2. The number of hydrogen-bond acceptors (Lipinski definition) is 5. The molecule has 0 spiro atoms. The third-order valence-corrected chi connectivity index (χ3v) is 3.39. The van der Waals surface area contributed by atoms with Crippen molar-refractivity contribution < 1.29 is 19.1 Å². The SMILES string of the molecule is CC(C)(C)OC(=O)N1CCN(NC(=O)OCc2ccccc2)CC1. The van der Waals surface area contributed by atoms with Gasteiger partial charge in [-0.15, -0.1) is 0 Å². The fraction of sp³-hybridized carbons (Fsp3) is 0.529. The average molecular weight is 335 g/mol. The van der Waals surface area contributed by atoms with E-state index < -0.39 is 11.7 Å². The molecule has 2 rings (SSSR count). The summed E-state index contributed by atoms with van der Waals surface area (Å²) < 4.78 is 10.5. The molecule has 0 aromatic heterocycles. The van der Waals surface area contributed by atoms with Crippen molar-refractivity contribution in [2.75, 3.05) is 26.2 Å². The molecule has 1 aromatic rings. The molecule has 132 valence electrons. The van der Waals surface area contributed by atoms with Crippen molar-refractivity contribution in [3.8, 4) is 0 Å². The van der Waals surface area contributed by atoms with Crippen LogP contribution in [-0.2, 0) is 16.1 Å². The van der Waals surface area contributed by atoms with Gasteiger partial charge < -0.3 is 14.4 Å². The maximum Gasteiger partial charge on any atom is 0.422 e. The normalized spacial score (nSPS) is 15.7. The summed E-state index contributed by atoms with van der Waals surface area (Å²) >= 11 is 0. The fourth-order valence-electron chi connectivity index (χ4n) is 2.21. The van der Waals surface area contributed by atoms with Gasteiger partial charge in [-0.05, 0) is 26.3 Å². The van der Waals surface area contributed by atoms with E-state index in [9.17, 15) is 9.59 Å². The maximum absolute atomic E-state index is 12.0. The number of piperazine rings is 1. The minimum absolute atomic E-state index is 0.227. The summed E-state index contributed by atoms with van der Waals surface area (Å²) in [5.41, 5.74) is 3.12. The van der Waals surface area contributed by atoms with Crippen molar-refractivity contribution in [3.05, 3.63) is 35.9 Å². The number of carbonyl (C=O) groups excluding carboxylic acids is 2. The van der Waals surface area contributed by atoms with E-state index >= 15 is 0 Å². The Morgan fingerprint density at radius 3 is 2.29 bits per heavy atom. The predicted molar refractivity (Wildman–Crippen MR) is 89.1 cm³/mol. The van der Waals surface area contributed by atoms with Gasteiger partial charge in [-0.3, -0.25) is 5.43 Å². The molecule has 7 heteroatoms. The maximum atomic E-state index is 12.0. The summed E-state index contributed by atoms with van der Waals surface area (Å²) in [6.45, 7) is 7.79. The van der Waals surface area contributed by atoms with E-state index in [0.29, 0.717) is 26.2 Å². The Kier molecular flexibility index (Phi) is 6.03. The second-order valence-electron chi connectivity index (χ2n) is 6.63. The molecule has 0 unspecified atom stereocenters. The van der Waals surface area contributed by atoms with Crippen molar-refractivity contribution in [3.63, 3.8) is 0 Å². The van der Waals surface area contributed by atoms with Crippen LogP contribution in [-0.4, -0.2) is 53.9 Å². The van der Waals surface area contributed by atoms with Crippen molar-refractivity contribution in [1.82, 2.24) is 15.3 Å². The third-order valence-electron chi connectivity index (χ3n) is 3.39. The number of nitrogens with one attached hydrogen (secondary N) is 1. The number of carbonyl (C=O) groups is 2. The molecular formula is C17H25N3O4. The Bertz CT molecular complexity index is 549. The molecule has 7 nitrogen and oxygen atoms in total.